The smallest absolute Gasteiger partial charge is 0.263 e. The Balaban J connectivity index is 2.27. The fourth-order valence-electron chi connectivity index (χ4n) is 1.56. The summed E-state index contributed by atoms with van der Waals surface area (Å²) in [5, 5.41) is 2.84. The molecule has 0 bridgehead atoms. The van der Waals surface area contributed by atoms with Crippen molar-refractivity contribution in [3.63, 3.8) is 0 Å². The van der Waals surface area contributed by atoms with Gasteiger partial charge in [-0.25, -0.2) is 13.4 Å². The number of hydrogen-bond acceptors (Lipinski definition) is 4. The minimum Gasteiger partial charge on any atom is -0.373 e. The minimum absolute atomic E-state index is 0.119. The van der Waals surface area contributed by atoms with Gasteiger partial charge in [-0.2, -0.15) is 0 Å². The highest BCUT2D eigenvalue weighted by molar-refractivity contribution is 9.10. The van der Waals surface area contributed by atoms with Crippen LogP contribution >= 0.6 is 15.9 Å². The Morgan fingerprint density at radius 1 is 1.20 bits per heavy atom. The van der Waals surface area contributed by atoms with Gasteiger partial charge >= 0.3 is 0 Å². The highest BCUT2D eigenvalue weighted by atomic mass is 79.9. The predicted molar refractivity (Wildman–Crippen MR) is 83.5 cm³/mol. The number of benzene rings is 1. The standard InChI is InChI=1S/C13H14BrN3O2S/c1-9-3-4-10(7-12(9)14)17-20(18,19)11-5-6-13(15-2)16-8-11/h3-8,17H,1-2H3,(H,15,16). The zero-order chi connectivity index (χ0) is 14.8. The number of pyridine rings is 1. The normalized spacial score (nSPS) is 11.2. The summed E-state index contributed by atoms with van der Waals surface area (Å²) in [6.07, 6.45) is 1.32. The fourth-order valence-corrected chi connectivity index (χ4v) is 2.93. The molecule has 7 heteroatoms. The number of sulfonamides is 1. The average molecular weight is 356 g/mol. The van der Waals surface area contributed by atoms with Crippen molar-refractivity contribution >= 4 is 37.5 Å². The van der Waals surface area contributed by atoms with E-state index < -0.39 is 10.0 Å². The van der Waals surface area contributed by atoms with Gasteiger partial charge in [-0.05, 0) is 36.8 Å². The van der Waals surface area contributed by atoms with Gasteiger partial charge < -0.3 is 5.32 Å². The maximum Gasteiger partial charge on any atom is 0.263 e. The molecule has 1 aromatic heterocycles. The van der Waals surface area contributed by atoms with Crippen LogP contribution in [0.3, 0.4) is 0 Å². The van der Waals surface area contributed by atoms with Gasteiger partial charge in [-0.15, -0.1) is 0 Å². The minimum atomic E-state index is -3.63. The van der Waals surface area contributed by atoms with E-state index in [9.17, 15) is 8.42 Å². The number of aryl methyl sites for hydroxylation is 1. The van der Waals surface area contributed by atoms with Crippen molar-refractivity contribution in [1.29, 1.82) is 0 Å². The van der Waals surface area contributed by atoms with E-state index in [4.69, 9.17) is 0 Å². The topological polar surface area (TPSA) is 71.1 Å². The van der Waals surface area contributed by atoms with E-state index in [2.05, 4.69) is 31.0 Å². The molecule has 0 unspecified atom stereocenters. The van der Waals surface area contributed by atoms with E-state index in [1.165, 1.54) is 12.3 Å². The molecule has 0 saturated carbocycles. The second-order valence-electron chi connectivity index (χ2n) is 4.20. The summed E-state index contributed by atoms with van der Waals surface area (Å²) >= 11 is 3.37. The first-order valence-corrected chi connectivity index (χ1v) is 8.13. The Bertz CT molecular complexity index is 715. The summed E-state index contributed by atoms with van der Waals surface area (Å²) in [6.45, 7) is 1.93. The Morgan fingerprint density at radius 3 is 2.50 bits per heavy atom. The molecule has 20 heavy (non-hydrogen) atoms. The molecule has 0 aliphatic carbocycles. The fraction of sp³-hybridized carbons (Fsp3) is 0.154. The molecule has 0 amide bonds. The van der Waals surface area contributed by atoms with E-state index in [1.54, 1.807) is 25.2 Å². The lowest BCUT2D eigenvalue weighted by molar-refractivity contribution is 0.601. The van der Waals surface area contributed by atoms with Gasteiger partial charge in [0.2, 0.25) is 0 Å². The van der Waals surface area contributed by atoms with Gasteiger partial charge in [0.25, 0.3) is 10.0 Å². The summed E-state index contributed by atoms with van der Waals surface area (Å²) in [7, 11) is -1.91. The zero-order valence-corrected chi connectivity index (χ0v) is 13.4. The second kappa shape index (κ2) is 5.80. The third kappa shape index (κ3) is 3.29. The highest BCUT2D eigenvalue weighted by Gasteiger charge is 2.15. The van der Waals surface area contributed by atoms with Crippen molar-refractivity contribution in [2.45, 2.75) is 11.8 Å². The molecule has 0 fully saturated rings. The van der Waals surface area contributed by atoms with Crippen LogP contribution in [0.1, 0.15) is 5.56 Å². The molecule has 2 rings (SSSR count). The molecule has 2 N–H and O–H groups in total. The van der Waals surface area contributed by atoms with Crippen LogP contribution in [-0.4, -0.2) is 20.4 Å². The number of rotatable bonds is 4. The summed E-state index contributed by atoms with van der Waals surface area (Å²) in [5.41, 5.74) is 1.54. The van der Waals surface area contributed by atoms with Gasteiger partial charge in [0, 0.05) is 23.4 Å². The zero-order valence-electron chi connectivity index (χ0n) is 11.0. The van der Waals surface area contributed by atoms with E-state index >= 15 is 0 Å². The molecular weight excluding hydrogens is 342 g/mol. The SMILES string of the molecule is CNc1ccc(S(=O)(=O)Nc2ccc(C)c(Br)c2)cn1. The van der Waals surface area contributed by atoms with Crippen LogP contribution in [0.25, 0.3) is 0 Å². The van der Waals surface area contributed by atoms with Gasteiger partial charge in [0.05, 0.1) is 0 Å². The quantitative estimate of drug-likeness (QED) is 0.884. The molecule has 1 heterocycles. The van der Waals surface area contributed by atoms with E-state index in [1.807, 2.05) is 13.0 Å². The van der Waals surface area contributed by atoms with E-state index in [0.717, 1.165) is 10.0 Å². The number of hydrogen-bond donors (Lipinski definition) is 2. The van der Waals surface area contributed by atoms with E-state index in [-0.39, 0.29) is 4.90 Å². The molecular formula is C13H14BrN3O2S. The van der Waals surface area contributed by atoms with E-state index in [0.29, 0.717) is 11.5 Å². The first kappa shape index (κ1) is 14.8. The summed E-state index contributed by atoms with van der Waals surface area (Å²) in [5.74, 6) is 0.613. The van der Waals surface area contributed by atoms with Gasteiger partial charge in [-0.3, -0.25) is 4.72 Å². The van der Waals surface area contributed by atoms with Crippen LogP contribution in [-0.2, 0) is 10.0 Å². The monoisotopic (exact) mass is 355 g/mol. The second-order valence-corrected chi connectivity index (χ2v) is 6.74. The maximum atomic E-state index is 12.2. The van der Waals surface area contributed by atoms with Gasteiger partial charge in [0.15, 0.2) is 0 Å². The lowest BCUT2D eigenvalue weighted by atomic mass is 10.2. The van der Waals surface area contributed by atoms with Crippen molar-refractivity contribution < 1.29 is 8.42 Å². The number of nitrogens with one attached hydrogen (secondary N) is 2. The lowest BCUT2D eigenvalue weighted by Crippen LogP contribution is -2.13. The Hall–Kier alpha value is -1.60. The molecule has 0 aliphatic heterocycles. The predicted octanol–water partition coefficient (Wildman–Crippen LogP) is 3.00. The van der Waals surface area contributed by atoms with Crippen LogP contribution in [0.5, 0.6) is 0 Å². The van der Waals surface area contributed by atoms with Gasteiger partial charge in [-0.1, -0.05) is 22.0 Å². The molecule has 0 radical (unpaired) electrons. The number of nitrogens with zero attached hydrogens (tertiary/aromatic N) is 1. The Kier molecular flexibility index (Phi) is 4.29. The summed E-state index contributed by atoms with van der Waals surface area (Å²) in [6, 6.07) is 8.39. The molecule has 2 aromatic rings. The van der Waals surface area contributed by atoms with Crippen LogP contribution in [0.15, 0.2) is 45.9 Å². The molecule has 0 saturated heterocycles. The largest absolute Gasteiger partial charge is 0.373 e. The molecule has 1 aromatic carbocycles. The Morgan fingerprint density at radius 2 is 1.95 bits per heavy atom. The van der Waals surface area contributed by atoms with Crippen LogP contribution in [0.4, 0.5) is 11.5 Å². The van der Waals surface area contributed by atoms with Crippen LogP contribution in [0.2, 0.25) is 0 Å². The molecule has 0 atom stereocenters. The summed E-state index contributed by atoms with van der Waals surface area (Å²) < 4.78 is 27.8. The number of aromatic nitrogens is 1. The third-order valence-electron chi connectivity index (χ3n) is 2.73. The first-order valence-electron chi connectivity index (χ1n) is 5.85. The van der Waals surface area contributed by atoms with Crippen LogP contribution in [0, 0.1) is 6.92 Å². The lowest BCUT2D eigenvalue weighted by Gasteiger charge is -2.09. The van der Waals surface area contributed by atoms with Crippen molar-refractivity contribution in [3.8, 4) is 0 Å². The van der Waals surface area contributed by atoms with Crippen molar-refractivity contribution in [1.82, 2.24) is 4.98 Å². The maximum absolute atomic E-state index is 12.2. The van der Waals surface area contributed by atoms with Gasteiger partial charge in [0.1, 0.15) is 10.7 Å². The molecule has 106 valence electrons. The number of anilines is 2. The van der Waals surface area contributed by atoms with Crippen molar-refractivity contribution in [2.24, 2.45) is 0 Å². The molecule has 0 aliphatic rings. The molecule has 5 nitrogen and oxygen atoms in total. The number of halogens is 1. The third-order valence-corrected chi connectivity index (χ3v) is 4.95. The van der Waals surface area contributed by atoms with Crippen LogP contribution < -0.4 is 10.0 Å². The molecule has 0 spiro atoms. The Labute approximate surface area is 126 Å². The average Bonchev–Trinajstić information content (AvgIpc) is 2.43. The first-order chi connectivity index (χ1) is 9.42. The van der Waals surface area contributed by atoms with Crippen molar-refractivity contribution in [3.05, 3.63) is 46.6 Å². The van der Waals surface area contributed by atoms with Crippen molar-refractivity contribution in [2.75, 3.05) is 17.1 Å². The summed E-state index contributed by atoms with van der Waals surface area (Å²) in [4.78, 5) is 4.12. The highest BCUT2D eigenvalue weighted by Crippen LogP contribution is 2.23.